The third-order valence-corrected chi connectivity index (χ3v) is 2.02. The van der Waals surface area contributed by atoms with E-state index in [2.05, 4.69) is 20.8 Å². The molecule has 0 saturated carbocycles. The predicted molar refractivity (Wildman–Crippen MR) is 62.9 cm³/mol. The molecule has 0 aliphatic rings. The molecule has 0 aliphatic carbocycles. The van der Waals surface area contributed by atoms with Crippen LogP contribution in [-0.4, -0.2) is 16.2 Å². The molecule has 0 radical (unpaired) electrons. The van der Waals surface area contributed by atoms with E-state index in [-0.39, 0.29) is 0 Å². The normalized spacial score (nSPS) is 10.0. The van der Waals surface area contributed by atoms with Crippen LogP contribution in [0.5, 0.6) is 0 Å². The van der Waals surface area contributed by atoms with Crippen molar-refractivity contribution >= 4 is 17.7 Å². The minimum Gasteiger partial charge on any atom is -0.360 e. The Balaban J connectivity index is 1.95. The quantitative estimate of drug-likeness (QED) is 0.832. The monoisotopic (exact) mass is 232 g/mol. The van der Waals surface area contributed by atoms with Gasteiger partial charge in [-0.3, -0.25) is 10.6 Å². The fourth-order valence-electron chi connectivity index (χ4n) is 1.23. The summed E-state index contributed by atoms with van der Waals surface area (Å²) in [5.74, 6) is 1.48. The molecule has 6 nitrogen and oxygen atoms in total. The summed E-state index contributed by atoms with van der Waals surface area (Å²) >= 11 is 0. The van der Waals surface area contributed by atoms with Crippen molar-refractivity contribution in [3.05, 3.63) is 35.7 Å². The van der Waals surface area contributed by atoms with Gasteiger partial charge in [-0.2, -0.15) is 0 Å². The van der Waals surface area contributed by atoms with Crippen molar-refractivity contribution in [3.63, 3.8) is 0 Å². The number of amides is 2. The number of aryl methyl sites for hydroxylation is 2. The zero-order chi connectivity index (χ0) is 12.3. The maximum absolute atomic E-state index is 11.5. The van der Waals surface area contributed by atoms with Gasteiger partial charge in [-0.25, -0.2) is 9.78 Å². The van der Waals surface area contributed by atoms with Crippen LogP contribution in [-0.2, 0) is 0 Å². The second kappa shape index (κ2) is 4.65. The zero-order valence-electron chi connectivity index (χ0n) is 9.52. The number of hydrogen-bond donors (Lipinski definition) is 2. The molecule has 0 atom stereocenters. The van der Waals surface area contributed by atoms with Crippen molar-refractivity contribution in [3.8, 4) is 0 Å². The second-order valence-corrected chi connectivity index (χ2v) is 3.62. The van der Waals surface area contributed by atoms with Gasteiger partial charge in [-0.05, 0) is 25.5 Å². The van der Waals surface area contributed by atoms with Crippen LogP contribution in [0.15, 0.2) is 28.9 Å². The molecule has 17 heavy (non-hydrogen) atoms. The van der Waals surface area contributed by atoms with Gasteiger partial charge in [0.2, 0.25) is 0 Å². The third-order valence-electron chi connectivity index (χ3n) is 2.02. The van der Waals surface area contributed by atoms with Crippen LogP contribution >= 0.6 is 0 Å². The smallest absolute Gasteiger partial charge is 0.326 e. The maximum atomic E-state index is 11.5. The highest BCUT2D eigenvalue weighted by Gasteiger charge is 2.06. The van der Waals surface area contributed by atoms with Crippen molar-refractivity contribution in [2.45, 2.75) is 13.8 Å². The summed E-state index contributed by atoms with van der Waals surface area (Å²) < 4.78 is 4.82. The van der Waals surface area contributed by atoms with Crippen LogP contribution in [0.4, 0.5) is 16.4 Å². The van der Waals surface area contributed by atoms with Gasteiger partial charge in [0.05, 0.1) is 0 Å². The van der Waals surface area contributed by atoms with E-state index >= 15 is 0 Å². The molecule has 2 heterocycles. The van der Waals surface area contributed by atoms with Gasteiger partial charge in [0.15, 0.2) is 5.82 Å². The third kappa shape index (κ3) is 3.04. The number of anilines is 2. The first-order valence-electron chi connectivity index (χ1n) is 5.07. The predicted octanol–water partition coefficient (Wildman–Crippen LogP) is 2.33. The topological polar surface area (TPSA) is 80.0 Å². The molecule has 2 amide bonds. The molecule has 2 aromatic heterocycles. The Kier molecular flexibility index (Phi) is 3.04. The van der Waals surface area contributed by atoms with E-state index in [0.29, 0.717) is 17.4 Å². The number of hydrogen-bond acceptors (Lipinski definition) is 4. The Labute approximate surface area is 98.0 Å². The number of aromatic nitrogens is 2. The van der Waals surface area contributed by atoms with Crippen LogP contribution in [0.25, 0.3) is 0 Å². The molecule has 0 aromatic carbocycles. The lowest BCUT2D eigenvalue weighted by Gasteiger charge is -2.04. The van der Waals surface area contributed by atoms with Gasteiger partial charge in [0.1, 0.15) is 11.6 Å². The van der Waals surface area contributed by atoms with E-state index in [1.54, 1.807) is 25.3 Å². The number of carbonyl (C=O) groups is 1. The minimum absolute atomic E-state index is 0.368. The molecular weight excluding hydrogens is 220 g/mol. The van der Waals surface area contributed by atoms with Crippen LogP contribution in [0.3, 0.4) is 0 Å². The summed E-state index contributed by atoms with van der Waals surface area (Å²) in [6.45, 7) is 3.67. The lowest BCUT2D eigenvalue weighted by molar-refractivity contribution is 0.262. The average molecular weight is 232 g/mol. The Morgan fingerprint density at radius 3 is 2.59 bits per heavy atom. The summed E-state index contributed by atoms with van der Waals surface area (Å²) in [5, 5.41) is 8.76. The van der Waals surface area contributed by atoms with E-state index in [0.717, 1.165) is 5.56 Å². The molecule has 0 spiro atoms. The highest BCUT2D eigenvalue weighted by atomic mass is 16.5. The molecule has 2 rings (SSSR count). The molecule has 0 unspecified atom stereocenters. The lowest BCUT2D eigenvalue weighted by atomic mass is 10.3. The SMILES string of the molecule is Cc1ccc(NC(=O)Nc2cc(C)on2)nc1. The first-order chi connectivity index (χ1) is 8.13. The van der Waals surface area contributed by atoms with Crippen molar-refractivity contribution in [1.29, 1.82) is 0 Å². The lowest BCUT2D eigenvalue weighted by Crippen LogP contribution is -2.20. The Morgan fingerprint density at radius 1 is 1.24 bits per heavy atom. The molecule has 2 N–H and O–H groups in total. The Hall–Kier alpha value is -2.37. The molecule has 6 heteroatoms. The van der Waals surface area contributed by atoms with Crippen molar-refractivity contribution in [1.82, 2.24) is 10.1 Å². The summed E-state index contributed by atoms with van der Waals surface area (Å²) in [5.41, 5.74) is 1.03. The molecule has 0 fully saturated rings. The van der Waals surface area contributed by atoms with Crippen LogP contribution < -0.4 is 10.6 Å². The van der Waals surface area contributed by atoms with Gasteiger partial charge >= 0.3 is 6.03 Å². The van der Waals surface area contributed by atoms with Gasteiger partial charge in [0.25, 0.3) is 0 Å². The summed E-state index contributed by atoms with van der Waals surface area (Å²) in [6, 6.07) is 4.81. The summed E-state index contributed by atoms with van der Waals surface area (Å²) in [4.78, 5) is 15.6. The summed E-state index contributed by atoms with van der Waals surface area (Å²) in [6.07, 6.45) is 1.68. The fourth-order valence-corrected chi connectivity index (χ4v) is 1.23. The number of pyridine rings is 1. The standard InChI is InChI=1S/C11H12N4O2/c1-7-3-4-9(12-6-7)13-11(16)14-10-5-8(2)17-15-10/h3-6H,1-2H3,(H2,12,13,14,15,16). The van der Waals surface area contributed by atoms with Crippen molar-refractivity contribution in [2.24, 2.45) is 0 Å². The van der Waals surface area contributed by atoms with Gasteiger partial charge in [-0.1, -0.05) is 11.2 Å². The van der Waals surface area contributed by atoms with E-state index in [9.17, 15) is 4.79 Å². The Morgan fingerprint density at radius 2 is 2.00 bits per heavy atom. The number of rotatable bonds is 2. The number of nitrogens with zero attached hydrogens (tertiary/aromatic N) is 2. The highest BCUT2D eigenvalue weighted by Crippen LogP contribution is 2.08. The number of carbonyl (C=O) groups excluding carboxylic acids is 1. The number of urea groups is 1. The summed E-state index contributed by atoms with van der Waals surface area (Å²) in [7, 11) is 0. The Bertz CT molecular complexity index is 519. The molecule has 88 valence electrons. The zero-order valence-corrected chi connectivity index (χ0v) is 9.52. The van der Waals surface area contributed by atoms with Gasteiger partial charge in [0, 0.05) is 12.3 Å². The van der Waals surface area contributed by atoms with Crippen LogP contribution in [0.1, 0.15) is 11.3 Å². The molecular formula is C11H12N4O2. The van der Waals surface area contributed by atoms with E-state index in [4.69, 9.17) is 4.52 Å². The van der Waals surface area contributed by atoms with Gasteiger partial charge < -0.3 is 4.52 Å². The maximum Gasteiger partial charge on any atom is 0.326 e. The first kappa shape index (κ1) is 11.1. The van der Waals surface area contributed by atoms with E-state index in [1.165, 1.54) is 0 Å². The van der Waals surface area contributed by atoms with E-state index < -0.39 is 6.03 Å². The van der Waals surface area contributed by atoms with Gasteiger partial charge in [-0.15, -0.1) is 0 Å². The molecule has 0 saturated heterocycles. The van der Waals surface area contributed by atoms with Crippen molar-refractivity contribution in [2.75, 3.05) is 10.6 Å². The fraction of sp³-hybridized carbons (Fsp3) is 0.182. The van der Waals surface area contributed by atoms with E-state index in [1.807, 2.05) is 13.0 Å². The van der Waals surface area contributed by atoms with Crippen molar-refractivity contribution < 1.29 is 9.32 Å². The molecule has 0 bridgehead atoms. The largest absolute Gasteiger partial charge is 0.360 e. The molecule has 2 aromatic rings. The molecule has 0 aliphatic heterocycles. The average Bonchev–Trinajstić information content (AvgIpc) is 2.67. The van der Waals surface area contributed by atoms with Crippen LogP contribution in [0, 0.1) is 13.8 Å². The van der Waals surface area contributed by atoms with Crippen LogP contribution in [0.2, 0.25) is 0 Å². The minimum atomic E-state index is -0.408. The highest BCUT2D eigenvalue weighted by molar-refractivity contribution is 5.98. The second-order valence-electron chi connectivity index (χ2n) is 3.62. The first-order valence-corrected chi connectivity index (χ1v) is 5.07. The number of nitrogens with one attached hydrogen (secondary N) is 2.